The number of aryl methyl sites for hydroxylation is 2. The van der Waals surface area contributed by atoms with Crippen LogP contribution < -0.4 is 0 Å². The molecule has 0 unspecified atom stereocenters. The normalized spacial score (nSPS) is 20.5. The summed E-state index contributed by atoms with van der Waals surface area (Å²) in [5, 5.41) is 11.3. The van der Waals surface area contributed by atoms with Crippen LogP contribution in [0.15, 0.2) is 62.2 Å². The Morgan fingerprint density at radius 3 is 2.58 bits per heavy atom. The number of aliphatic hydroxyl groups excluding tert-OH is 1. The number of aliphatic hydroxyl groups is 1. The van der Waals surface area contributed by atoms with Crippen LogP contribution in [0.3, 0.4) is 0 Å². The van der Waals surface area contributed by atoms with Crippen molar-refractivity contribution in [3.63, 3.8) is 0 Å². The Morgan fingerprint density at radius 1 is 1.15 bits per heavy atom. The standard InChI is InChI=1S/C27H35ClN2O2S/c1-6-19-10-8-12-21(16-19)33-22-14-13-20(23(28)17-22)11-9-15-27(5)26(32-7-2)29-24(18(3)4)25(31)30-27/h8,10,12-14,16-18,24H,6-7,9,11,15H2,1-5H3,(H,30,31)/t24-,27+/m0/s1. The Morgan fingerprint density at radius 2 is 1.91 bits per heavy atom. The van der Waals surface area contributed by atoms with E-state index in [2.05, 4.69) is 48.3 Å². The van der Waals surface area contributed by atoms with Crippen molar-refractivity contribution >= 4 is 35.2 Å². The second-order valence-corrected chi connectivity index (χ2v) is 10.6. The van der Waals surface area contributed by atoms with E-state index in [1.165, 1.54) is 10.5 Å². The van der Waals surface area contributed by atoms with E-state index in [-0.39, 0.29) is 17.9 Å². The molecule has 6 heteroatoms. The second-order valence-electron chi connectivity index (χ2n) is 9.01. The average molecular weight is 487 g/mol. The SMILES string of the molecule is CCOC1=N[C@@H](C(C)C)C(O)=N[C@]1(C)CCCc1ccc(Sc2cccc(CC)c2)cc1Cl. The third-order valence-electron chi connectivity index (χ3n) is 5.93. The predicted molar refractivity (Wildman–Crippen MR) is 140 cm³/mol. The summed E-state index contributed by atoms with van der Waals surface area (Å²) in [4.78, 5) is 11.7. The lowest BCUT2D eigenvalue weighted by Crippen LogP contribution is -2.44. The molecule has 0 aliphatic carbocycles. The molecule has 3 rings (SSSR count). The molecule has 0 saturated heterocycles. The van der Waals surface area contributed by atoms with Crippen LogP contribution in [-0.2, 0) is 17.6 Å². The number of rotatable bonds is 9. The first-order chi connectivity index (χ1) is 15.8. The molecule has 0 fully saturated rings. The van der Waals surface area contributed by atoms with Gasteiger partial charge in [-0.1, -0.05) is 62.3 Å². The molecule has 1 N–H and O–H groups in total. The van der Waals surface area contributed by atoms with E-state index in [9.17, 15) is 5.11 Å². The maximum absolute atomic E-state index is 10.5. The van der Waals surface area contributed by atoms with Crippen molar-refractivity contribution in [1.29, 1.82) is 0 Å². The van der Waals surface area contributed by atoms with Crippen molar-refractivity contribution in [2.45, 2.75) is 81.7 Å². The Labute approximate surface area is 207 Å². The van der Waals surface area contributed by atoms with Gasteiger partial charge in [-0.2, -0.15) is 0 Å². The number of nitrogens with zero attached hydrogens (tertiary/aromatic N) is 2. The van der Waals surface area contributed by atoms with Crippen molar-refractivity contribution in [3.05, 3.63) is 58.6 Å². The van der Waals surface area contributed by atoms with Gasteiger partial charge in [0.15, 0.2) is 0 Å². The van der Waals surface area contributed by atoms with Gasteiger partial charge in [-0.3, -0.25) is 0 Å². The summed E-state index contributed by atoms with van der Waals surface area (Å²) in [6.45, 7) is 10.7. The van der Waals surface area contributed by atoms with Gasteiger partial charge in [-0.15, -0.1) is 0 Å². The minimum Gasteiger partial charge on any atom is -0.495 e. The molecule has 0 saturated carbocycles. The Kier molecular flexibility index (Phi) is 8.88. The van der Waals surface area contributed by atoms with Crippen LogP contribution in [0.25, 0.3) is 0 Å². The Hall–Kier alpha value is -1.98. The van der Waals surface area contributed by atoms with Gasteiger partial charge in [0.05, 0.1) is 6.61 Å². The van der Waals surface area contributed by atoms with E-state index in [0.29, 0.717) is 12.5 Å². The quantitative estimate of drug-likeness (QED) is 0.397. The molecule has 0 aromatic heterocycles. The van der Waals surface area contributed by atoms with E-state index < -0.39 is 5.54 Å². The van der Waals surface area contributed by atoms with Gasteiger partial charge >= 0.3 is 0 Å². The smallest absolute Gasteiger partial charge is 0.212 e. The van der Waals surface area contributed by atoms with Gasteiger partial charge in [0, 0.05) is 14.8 Å². The zero-order valence-corrected chi connectivity index (χ0v) is 21.8. The highest BCUT2D eigenvalue weighted by molar-refractivity contribution is 7.99. The fourth-order valence-electron chi connectivity index (χ4n) is 4.01. The van der Waals surface area contributed by atoms with Crippen LogP contribution in [0.1, 0.15) is 58.6 Å². The molecule has 0 radical (unpaired) electrons. The first-order valence-electron chi connectivity index (χ1n) is 11.8. The van der Waals surface area contributed by atoms with E-state index in [0.717, 1.165) is 41.2 Å². The third kappa shape index (κ3) is 6.54. The number of benzene rings is 2. The molecule has 1 aliphatic rings. The van der Waals surface area contributed by atoms with Crippen molar-refractivity contribution < 1.29 is 9.84 Å². The topological polar surface area (TPSA) is 54.2 Å². The number of halogens is 1. The maximum Gasteiger partial charge on any atom is 0.212 e. The predicted octanol–water partition coefficient (Wildman–Crippen LogP) is 7.56. The van der Waals surface area contributed by atoms with Gasteiger partial charge in [0.25, 0.3) is 0 Å². The summed E-state index contributed by atoms with van der Waals surface area (Å²) < 4.78 is 5.85. The van der Waals surface area contributed by atoms with Gasteiger partial charge in [-0.05, 0) is 80.8 Å². The van der Waals surface area contributed by atoms with Gasteiger partial charge in [0.2, 0.25) is 11.8 Å². The van der Waals surface area contributed by atoms with Gasteiger partial charge in [0.1, 0.15) is 11.6 Å². The number of hydrogen-bond donors (Lipinski definition) is 1. The summed E-state index contributed by atoms with van der Waals surface area (Å²) in [5.74, 6) is 0.879. The molecule has 1 aliphatic heterocycles. The largest absolute Gasteiger partial charge is 0.495 e. The van der Waals surface area contributed by atoms with E-state index in [1.54, 1.807) is 11.8 Å². The number of hydrogen-bond acceptors (Lipinski definition) is 4. The van der Waals surface area contributed by atoms with Crippen LogP contribution in [-0.4, -0.2) is 35.1 Å². The third-order valence-corrected chi connectivity index (χ3v) is 7.26. The molecule has 2 atom stereocenters. The summed E-state index contributed by atoms with van der Waals surface area (Å²) in [7, 11) is 0. The summed E-state index contributed by atoms with van der Waals surface area (Å²) >= 11 is 8.37. The molecular formula is C27H35ClN2O2S. The van der Waals surface area contributed by atoms with Gasteiger partial charge in [-0.25, -0.2) is 9.98 Å². The number of ether oxygens (including phenoxy) is 1. The van der Waals surface area contributed by atoms with Crippen LogP contribution in [0, 0.1) is 5.92 Å². The van der Waals surface area contributed by atoms with E-state index >= 15 is 0 Å². The van der Waals surface area contributed by atoms with Gasteiger partial charge < -0.3 is 9.84 Å². The molecule has 33 heavy (non-hydrogen) atoms. The fraction of sp³-hybridized carbons (Fsp3) is 0.481. The van der Waals surface area contributed by atoms with Crippen LogP contribution in [0.2, 0.25) is 5.02 Å². The molecule has 4 nitrogen and oxygen atoms in total. The highest BCUT2D eigenvalue weighted by atomic mass is 35.5. The molecule has 0 amide bonds. The molecule has 178 valence electrons. The number of aliphatic imine (C=N–C) groups is 2. The minimum absolute atomic E-state index is 0.0995. The lowest BCUT2D eigenvalue weighted by molar-refractivity contribution is 0.273. The van der Waals surface area contributed by atoms with Crippen molar-refractivity contribution in [2.24, 2.45) is 15.9 Å². The molecule has 2 aromatic rings. The van der Waals surface area contributed by atoms with Crippen molar-refractivity contribution in [3.8, 4) is 0 Å². The lowest BCUT2D eigenvalue weighted by Gasteiger charge is -2.33. The summed E-state index contributed by atoms with van der Waals surface area (Å²) in [5.41, 5.74) is 1.80. The molecule has 0 spiro atoms. The zero-order chi connectivity index (χ0) is 24.0. The summed E-state index contributed by atoms with van der Waals surface area (Å²) in [6.07, 6.45) is 3.44. The van der Waals surface area contributed by atoms with Crippen LogP contribution in [0.5, 0.6) is 0 Å². The first-order valence-corrected chi connectivity index (χ1v) is 13.0. The van der Waals surface area contributed by atoms with Crippen LogP contribution in [0.4, 0.5) is 0 Å². The van der Waals surface area contributed by atoms with E-state index in [4.69, 9.17) is 21.3 Å². The molecule has 1 heterocycles. The molecular weight excluding hydrogens is 452 g/mol. The highest BCUT2D eigenvalue weighted by Gasteiger charge is 2.39. The van der Waals surface area contributed by atoms with E-state index in [1.807, 2.05) is 33.8 Å². The monoisotopic (exact) mass is 486 g/mol. The Balaban J connectivity index is 1.65. The Bertz CT molecular complexity index is 1020. The van der Waals surface area contributed by atoms with Crippen molar-refractivity contribution in [2.75, 3.05) is 6.61 Å². The van der Waals surface area contributed by atoms with Crippen LogP contribution >= 0.6 is 23.4 Å². The first kappa shape index (κ1) is 25.6. The van der Waals surface area contributed by atoms with Crippen molar-refractivity contribution in [1.82, 2.24) is 0 Å². The zero-order valence-electron chi connectivity index (χ0n) is 20.3. The summed E-state index contributed by atoms with van der Waals surface area (Å²) in [6, 6.07) is 14.6. The second kappa shape index (κ2) is 11.4. The fourth-order valence-corrected chi connectivity index (χ4v) is 5.29. The highest BCUT2D eigenvalue weighted by Crippen LogP contribution is 2.33. The molecule has 2 aromatic carbocycles. The lowest BCUT2D eigenvalue weighted by atomic mass is 9.91. The maximum atomic E-state index is 10.5. The average Bonchev–Trinajstić information content (AvgIpc) is 2.77. The minimum atomic E-state index is -0.655. The molecule has 0 bridgehead atoms.